The molecule has 3 aromatic heterocycles. The van der Waals surface area contributed by atoms with Crippen LogP contribution in [0.5, 0.6) is 0 Å². The molecule has 1 amide bonds. The zero-order chi connectivity index (χ0) is 19.5. The second kappa shape index (κ2) is 8.14. The van der Waals surface area contributed by atoms with E-state index in [1.807, 2.05) is 41.1 Å². The number of amides is 1. The van der Waals surface area contributed by atoms with Crippen molar-refractivity contribution in [3.05, 3.63) is 87.9 Å². The Kier molecular flexibility index (Phi) is 5.43. The first-order chi connectivity index (χ1) is 13.6. The summed E-state index contributed by atoms with van der Waals surface area (Å²) < 4.78 is 1.82. The summed E-state index contributed by atoms with van der Waals surface area (Å²) in [4.78, 5) is 22.4. The summed E-state index contributed by atoms with van der Waals surface area (Å²) in [6, 6.07) is 12.8. The van der Waals surface area contributed by atoms with Crippen LogP contribution < -0.4 is 5.32 Å². The van der Waals surface area contributed by atoms with Gasteiger partial charge >= 0.3 is 0 Å². The predicted molar refractivity (Wildman–Crippen MR) is 112 cm³/mol. The molecule has 4 rings (SSSR count). The minimum atomic E-state index is -0.136. The highest BCUT2D eigenvalue weighted by atomic mass is 35.5. The number of thiophene rings is 1. The van der Waals surface area contributed by atoms with Crippen molar-refractivity contribution in [1.29, 1.82) is 0 Å². The topological polar surface area (TPSA) is 59.8 Å². The molecule has 0 aliphatic carbocycles. The second-order valence-electron chi connectivity index (χ2n) is 6.00. The van der Waals surface area contributed by atoms with Crippen molar-refractivity contribution < 1.29 is 4.79 Å². The Balaban J connectivity index is 1.41. The lowest BCUT2D eigenvalue weighted by Crippen LogP contribution is -2.21. The zero-order valence-electron chi connectivity index (χ0n) is 14.5. The van der Waals surface area contributed by atoms with E-state index in [1.165, 1.54) is 11.3 Å². The first-order valence-corrected chi connectivity index (χ1v) is 9.93. The van der Waals surface area contributed by atoms with Gasteiger partial charge in [0.2, 0.25) is 0 Å². The molecular formula is C20H14Cl2N4OS. The summed E-state index contributed by atoms with van der Waals surface area (Å²) in [6.07, 6.45) is 6.95. The van der Waals surface area contributed by atoms with Gasteiger partial charge in [-0.3, -0.25) is 9.36 Å². The second-order valence-corrected chi connectivity index (χ2v) is 7.96. The minimum Gasteiger partial charge on any atom is -0.347 e. The van der Waals surface area contributed by atoms with Gasteiger partial charge in [-0.1, -0.05) is 29.3 Å². The Labute approximate surface area is 175 Å². The summed E-state index contributed by atoms with van der Waals surface area (Å²) in [7, 11) is 0. The lowest BCUT2D eigenvalue weighted by atomic mass is 10.2. The third-order valence-electron chi connectivity index (χ3n) is 4.01. The Bertz CT molecular complexity index is 1090. The van der Waals surface area contributed by atoms with Crippen molar-refractivity contribution in [2.24, 2.45) is 0 Å². The van der Waals surface area contributed by atoms with Gasteiger partial charge in [-0.2, -0.15) is 0 Å². The molecule has 0 saturated heterocycles. The lowest BCUT2D eigenvalue weighted by molar-refractivity contribution is 0.0955. The fraction of sp³-hybridized carbons (Fsp3) is 0.0500. The standard InChI is InChI=1S/C20H14Cl2N4OS/c21-15-7-14(8-16(22)9-15)17-2-3-18(28-17)20(27)25-11-13-1-4-19(24-10-13)26-6-5-23-12-26/h1-10,12H,11H2,(H,25,27). The number of benzene rings is 1. The van der Waals surface area contributed by atoms with Crippen molar-refractivity contribution in [3.8, 4) is 16.3 Å². The largest absolute Gasteiger partial charge is 0.347 e. The van der Waals surface area contributed by atoms with Crippen LogP contribution in [0.4, 0.5) is 0 Å². The highest BCUT2D eigenvalue weighted by Crippen LogP contribution is 2.32. The normalized spacial score (nSPS) is 10.8. The molecule has 28 heavy (non-hydrogen) atoms. The summed E-state index contributed by atoms with van der Waals surface area (Å²) in [6.45, 7) is 0.395. The number of halogens is 2. The molecule has 0 aliphatic heterocycles. The zero-order valence-corrected chi connectivity index (χ0v) is 16.8. The van der Waals surface area contributed by atoms with Crippen LogP contribution in [0.1, 0.15) is 15.2 Å². The van der Waals surface area contributed by atoms with E-state index >= 15 is 0 Å². The summed E-state index contributed by atoms with van der Waals surface area (Å²) >= 11 is 13.5. The molecule has 0 saturated carbocycles. The van der Waals surface area contributed by atoms with Gasteiger partial charge in [-0.05, 0) is 47.5 Å². The molecule has 0 radical (unpaired) electrons. The van der Waals surface area contributed by atoms with E-state index < -0.39 is 0 Å². The maximum Gasteiger partial charge on any atom is 0.261 e. The van der Waals surface area contributed by atoms with Crippen molar-refractivity contribution in [1.82, 2.24) is 19.9 Å². The third kappa shape index (κ3) is 4.25. The van der Waals surface area contributed by atoms with Gasteiger partial charge in [0.1, 0.15) is 12.1 Å². The predicted octanol–water partition coefficient (Wildman–Crippen LogP) is 5.23. The number of nitrogens with one attached hydrogen (secondary N) is 1. The number of hydrogen-bond acceptors (Lipinski definition) is 4. The van der Waals surface area contributed by atoms with Crippen molar-refractivity contribution in [3.63, 3.8) is 0 Å². The smallest absolute Gasteiger partial charge is 0.261 e. The molecule has 140 valence electrons. The van der Waals surface area contributed by atoms with E-state index in [0.29, 0.717) is 21.5 Å². The van der Waals surface area contributed by atoms with E-state index in [-0.39, 0.29) is 5.91 Å². The minimum absolute atomic E-state index is 0.136. The first-order valence-electron chi connectivity index (χ1n) is 8.36. The molecule has 0 spiro atoms. The molecule has 8 heteroatoms. The monoisotopic (exact) mass is 428 g/mol. The molecule has 0 atom stereocenters. The molecule has 0 fully saturated rings. The van der Waals surface area contributed by atoms with Gasteiger partial charge in [0.15, 0.2) is 0 Å². The van der Waals surface area contributed by atoms with Crippen LogP contribution in [-0.4, -0.2) is 20.4 Å². The molecule has 1 N–H and O–H groups in total. The summed E-state index contributed by atoms with van der Waals surface area (Å²) in [5.41, 5.74) is 1.80. The number of imidazole rings is 1. The van der Waals surface area contributed by atoms with Gasteiger partial charge in [0, 0.05) is 40.1 Å². The van der Waals surface area contributed by atoms with Crippen LogP contribution in [-0.2, 0) is 6.54 Å². The van der Waals surface area contributed by atoms with Gasteiger partial charge in [0.25, 0.3) is 5.91 Å². The SMILES string of the molecule is O=C(NCc1ccc(-n2ccnc2)nc1)c1ccc(-c2cc(Cl)cc(Cl)c2)s1. The molecular weight excluding hydrogens is 415 g/mol. The molecule has 5 nitrogen and oxygen atoms in total. The number of carbonyl (C=O) groups excluding carboxylic acids is 1. The summed E-state index contributed by atoms with van der Waals surface area (Å²) in [5.74, 6) is 0.638. The number of nitrogens with zero attached hydrogens (tertiary/aromatic N) is 3. The van der Waals surface area contributed by atoms with E-state index in [4.69, 9.17) is 23.2 Å². The average molecular weight is 429 g/mol. The summed E-state index contributed by atoms with van der Waals surface area (Å²) in [5, 5.41) is 4.04. The van der Waals surface area contributed by atoms with Crippen LogP contribution >= 0.6 is 34.5 Å². The number of aromatic nitrogens is 3. The molecule has 4 aromatic rings. The van der Waals surface area contributed by atoms with Crippen LogP contribution in [0.3, 0.4) is 0 Å². The number of hydrogen-bond donors (Lipinski definition) is 1. The molecule has 1 aromatic carbocycles. The quantitative estimate of drug-likeness (QED) is 0.473. The maximum atomic E-state index is 12.5. The Morgan fingerprint density at radius 3 is 2.61 bits per heavy atom. The van der Waals surface area contributed by atoms with E-state index in [2.05, 4.69) is 15.3 Å². The average Bonchev–Trinajstić information content (AvgIpc) is 3.38. The maximum absolute atomic E-state index is 12.5. The number of pyridine rings is 1. The molecule has 0 bridgehead atoms. The highest BCUT2D eigenvalue weighted by molar-refractivity contribution is 7.17. The van der Waals surface area contributed by atoms with Crippen LogP contribution in [0.15, 0.2) is 67.4 Å². The molecule has 0 unspecified atom stereocenters. The lowest BCUT2D eigenvalue weighted by Gasteiger charge is -2.05. The Hall–Kier alpha value is -2.67. The number of carbonyl (C=O) groups is 1. The Morgan fingerprint density at radius 2 is 1.93 bits per heavy atom. The fourth-order valence-electron chi connectivity index (χ4n) is 2.65. The van der Waals surface area contributed by atoms with E-state index in [9.17, 15) is 4.79 Å². The van der Waals surface area contributed by atoms with E-state index in [0.717, 1.165) is 21.8 Å². The fourth-order valence-corrected chi connectivity index (χ4v) is 4.08. The first kappa shape index (κ1) is 18.7. The van der Waals surface area contributed by atoms with Crippen LogP contribution in [0.2, 0.25) is 10.0 Å². The Morgan fingerprint density at radius 1 is 1.11 bits per heavy atom. The third-order valence-corrected chi connectivity index (χ3v) is 5.58. The molecule has 0 aliphatic rings. The van der Waals surface area contributed by atoms with Gasteiger partial charge < -0.3 is 5.32 Å². The highest BCUT2D eigenvalue weighted by Gasteiger charge is 2.11. The van der Waals surface area contributed by atoms with Crippen LogP contribution in [0, 0.1) is 0 Å². The van der Waals surface area contributed by atoms with E-state index in [1.54, 1.807) is 30.9 Å². The number of rotatable bonds is 5. The van der Waals surface area contributed by atoms with Gasteiger partial charge in [-0.15, -0.1) is 11.3 Å². The van der Waals surface area contributed by atoms with Crippen LogP contribution in [0.25, 0.3) is 16.3 Å². The van der Waals surface area contributed by atoms with Crippen molar-refractivity contribution in [2.45, 2.75) is 6.54 Å². The van der Waals surface area contributed by atoms with Gasteiger partial charge in [0.05, 0.1) is 4.88 Å². The van der Waals surface area contributed by atoms with Crippen molar-refractivity contribution >= 4 is 40.4 Å². The van der Waals surface area contributed by atoms with Gasteiger partial charge in [-0.25, -0.2) is 9.97 Å². The molecule has 3 heterocycles. The van der Waals surface area contributed by atoms with Crippen molar-refractivity contribution in [2.75, 3.05) is 0 Å².